The van der Waals surface area contributed by atoms with Crippen LogP contribution in [0.3, 0.4) is 0 Å². The number of carbonyl (C=O) groups is 1. The SMILES string of the molecule is COc1cc2[nH]ncc2cc1Nc1ncnc2[nH]c(C(=O)N3C[C@@H]4C[C@@H]3CO4)c(Br)c12. The number of carbonyl (C=O) groups excluding carboxylic acids is 1. The number of aromatic amines is 2. The molecule has 2 aliphatic heterocycles. The molecule has 0 radical (unpaired) electrons. The van der Waals surface area contributed by atoms with Gasteiger partial charge in [0, 0.05) is 18.0 Å². The number of hydrogen-bond acceptors (Lipinski definition) is 7. The summed E-state index contributed by atoms with van der Waals surface area (Å²) in [6.45, 7) is 1.21. The number of amides is 1. The Morgan fingerprint density at radius 2 is 2.29 bits per heavy atom. The first kappa shape index (κ1) is 18.6. The van der Waals surface area contributed by atoms with Crippen molar-refractivity contribution in [2.75, 3.05) is 25.6 Å². The summed E-state index contributed by atoms with van der Waals surface area (Å²) in [5, 5.41) is 12.0. The van der Waals surface area contributed by atoms with Gasteiger partial charge in [0.1, 0.15) is 29.2 Å². The number of ether oxygens (including phenoxy) is 2. The van der Waals surface area contributed by atoms with E-state index in [1.807, 2.05) is 17.0 Å². The van der Waals surface area contributed by atoms with Crippen molar-refractivity contribution in [2.45, 2.75) is 18.6 Å². The second-order valence-corrected chi connectivity index (χ2v) is 8.49. The van der Waals surface area contributed by atoms with Gasteiger partial charge >= 0.3 is 0 Å². The van der Waals surface area contributed by atoms with Crippen molar-refractivity contribution < 1.29 is 14.3 Å². The van der Waals surface area contributed by atoms with E-state index in [0.717, 1.165) is 23.0 Å². The number of benzene rings is 1. The highest BCUT2D eigenvalue weighted by Crippen LogP contribution is 2.38. The lowest BCUT2D eigenvalue weighted by molar-refractivity contribution is 0.0255. The lowest BCUT2D eigenvalue weighted by Gasteiger charge is -2.26. The molecule has 3 aromatic heterocycles. The topological polar surface area (TPSA) is 121 Å². The van der Waals surface area contributed by atoms with Crippen LogP contribution in [0.4, 0.5) is 11.5 Å². The number of fused-ring (bicyclic) bond motifs is 4. The number of methoxy groups -OCH3 is 1. The molecule has 31 heavy (non-hydrogen) atoms. The van der Waals surface area contributed by atoms with Crippen molar-refractivity contribution in [2.24, 2.45) is 0 Å². The molecule has 2 fully saturated rings. The Labute approximate surface area is 184 Å². The molecule has 2 aliphatic rings. The van der Waals surface area contributed by atoms with Crippen molar-refractivity contribution in [3.05, 3.63) is 34.8 Å². The molecule has 2 atom stereocenters. The minimum absolute atomic E-state index is 0.0657. The number of hydrogen-bond donors (Lipinski definition) is 3. The molecule has 0 spiro atoms. The van der Waals surface area contributed by atoms with E-state index < -0.39 is 0 Å². The van der Waals surface area contributed by atoms with Gasteiger partial charge in [0.05, 0.1) is 53.1 Å². The molecule has 11 heteroatoms. The van der Waals surface area contributed by atoms with E-state index in [4.69, 9.17) is 9.47 Å². The van der Waals surface area contributed by atoms with Gasteiger partial charge in [0.15, 0.2) is 0 Å². The van der Waals surface area contributed by atoms with E-state index in [0.29, 0.717) is 45.9 Å². The van der Waals surface area contributed by atoms with E-state index in [1.165, 1.54) is 6.33 Å². The first-order valence-corrected chi connectivity index (χ1v) is 10.6. The molecule has 6 rings (SSSR count). The molecule has 0 saturated carbocycles. The third kappa shape index (κ3) is 2.87. The van der Waals surface area contributed by atoms with Crippen LogP contribution in [0.25, 0.3) is 21.9 Å². The third-order valence-electron chi connectivity index (χ3n) is 5.92. The van der Waals surface area contributed by atoms with E-state index in [-0.39, 0.29) is 18.1 Å². The van der Waals surface area contributed by atoms with Crippen molar-refractivity contribution in [1.29, 1.82) is 0 Å². The summed E-state index contributed by atoms with van der Waals surface area (Å²) in [7, 11) is 1.61. The van der Waals surface area contributed by atoms with Gasteiger partial charge in [-0.2, -0.15) is 5.10 Å². The quantitative estimate of drug-likeness (QED) is 0.407. The van der Waals surface area contributed by atoms with Gasteiger partial charge in [-0.15, -0.1) is 0 Å². The maximum absolute atomic E-state index is 13.2. The normalized spacial score (nSPS) is 20.1. The van der Waals surface area contributed by atoms with Crippen LogP contribution in [-0.2, 0) is 4.74 Å². The number of nitrogens with zero attached hydrogens (tertiary/aromatic N) is 4. The van der Waals surface area contributed by atoms with Crippen molar-refractivity contribution in [3.8, 4) is 5.75 Å². The first-order valence-electron chi connectivity index (χ1n) is 9.85. The molecule has 2 bridgehead atoms. The van der Waals surface area contributed by atoms with Gasteiger partial charge in [0.25, 0.3) is 5.91 Å². The second-order valence-electron chi connectivity index (χ2n) is 7.70. The van der Waals surface area contributed by atoms with Crippen LogP contribution in [-0.4, -0.2) is 68.4 Å². The summed E-state index contributed by atoms with van der Waals surface area (Å²) in [6.07, 6.45) is 4.23. The average Bonchev–Trinajstić information content (AvgIpc) is 3.56. The maximum Gasteiger partial charge on any atom is 0.271 e. The van der Waals surface area contributed by atoms with Crippen LogP contribution < -0.4 is 10.1 Å². The van der Waals surface area contributed by atoms with Crippen LogP contribution in [0, 0.1) is 0 Å². The number of likely N-dealkylation sites (tertiary alicyclic amines) is 1. The molecule has 3 N–H and O–H groups in total. The predicted octanol–water partition coefficient (Wildman–Crippen LogP) is 2.96. The molecule has 4 aromatic rings. The average molecular weight is 484 g/mol. The van der Waals surface area contributed by atoms with Crippen LogP contribution in [0.5, 0.6) is 5.75 Å². The van der Waals surface area contributed by atoms with Gasteiger partial charge in [-0.05, 0) is 28.4 Å². The zero-order valence-corrected chi connectivity index (χ0v) is 18.1. The number of halogens is 1. The number of nitrogens with one attached hydrogen (secondary N) is 3. The fourth-order valence-electron chi connectivity index (χ4n) is 4.39. The number of anilines is 2. The molecular formula is C20H18BrN7O3. The van der Waals surface area contributed by atoms with E-state index in [1.54, 1.807) is 13.3 Å². The molecule has 5 heterocycles. The molecule has 0 aliphatic carbocycles. The molecule has 2 saturated heterocycles. The number of aromatic nitrogens is 5. The van der Waals surface area contributed by atoms with Crippen molar-refractivity contribution >= 4 is 55.3 Å². The highest BCUT2D eigenvalue weighted by Gasteiger charge is 2.42. The summed E-state index contributed by atoms with van der Waals surface area (Å²) in [6, 6.07) is 3.93. The zero-order chi connectivity index (χ0) is 21.1. The van der Waals surface area contributed by atoms with E-state index in [2.05, 4.69) is 46.4 Å². The highest BCUT2D eigenvalue weighted by atomic mass is 79.9. The lowest BCUT2D eigenvalue weighted by Crippen LogP contribution is -2.41. The monoisotopic (exact) mass is 483 g/mol. The predicted molar refractivity (Wildman–Crippen MR) is 117 cm³/mol. The minimum Gasteiger partial charge on any atom is -0.494 e. The molecule has 10 nitrogen and oxygen atoms in total. The van der Waals surface area contributed by atoms with Gasteiger partial charge in [-0.1, -0.05) is 0 Å². The Hall–Kier alpha value is -3.18. The standard InChI is InChI=1S/C20H18BrN7O3/c1-30-14-4-12-9(5-24-27-12)2-13(14)25-18-15-16(21)17(26-19(15)23-8-22-18)20(29)28-6-11-3-10(28)7-31-11/h2,4-5,8,10-11H,3,6-7H2,1H3,(H,24,27)(H2,22,23,25,26)/t10-,11+/m1/s1. The number of rotatable bonds is 4. The molecule has 1 amide bonds. The third-order valence-corrected chi connectivity index (χ3v) is 6.71. The van der Waals surface area contributed by atoms with E-state index >= 15 is 0 Å². The molecule has 0 unspecified atom stereocenters. The zero-order valence-electron chi connectivity index (χ0n) is 16.5. The fraction of sp³-hybridized carbons (Fsp3) is 0.300. The fourth-order valence-corrected chi connectivity index (χ4v) is 5.03. The van der Waals surface area contributed by atoms with Crippen LogP contribution in [0.1, 0.15) is 16.9 Å². The summed E-state index contributed by atoms with van der Waals surface area (Å²) in [4.78, 5) is 27.0. The summed E-state index contributed by atoms with van der Waals surface area (Å²) in [5.41, 5.74) is 2.63. The summed E-state index contributed by atoms with van der Waals surface area (Å²) < 4.78 is 11.8. The minimum atomic E-state index is -0.0657. The Bertz CT molecular complexity index is 1330. The largest absolute Gasteiger partial charge is 0.494 e. The van der Waals surface area contributed by atoms with Crippen LogP contribution >= 0.6 is 15.9 Å². The maximum atomic E-state index is 13.2. The van der Waals surface area contributed by atoms with Gasteiger partial charge in [-0.25, -0.2) is 9.97 Å². The van der Waals surface area contributed by atoms with Crippen molar-refractivity contribution in [1.82, 2.24) is 30.0 Å². The van der Waals surface area contributed by atoms with Gasteiger partial charge in [0.2, 0.25) is 0 Å². The Morgan fingerprint density at radius 1 is 1.39 bits per heavy atom. The first-order chi connectivity index (χ1) is 15.1. The summed E-state index contributed by atoms with van der Waals surface area (Å²) in [5.74, 6) is 1.13. The van der Waals surface area contributed by atoms with Crippen LogP contribution in [0.2, 0.25) is 0 Å². The molecular weight excluding hydrogens is 466 g/mol. The molecule has 1 aromatic carbocycles. The number of H-pyrrole nitrogens is 2. The number of morpholine rings is 1. The van der Waals surface area contributed by atoms with Crippen LogP contribution in [0.15, 0.2) is 29.1 Å². The van der Waals surface area contributed by atoms with Gasteiger partial charge in [-0.3, -0.25) is 9.89 Å². The van der Waals surface area contributed by atoms with Gasteiger partial charge < -0.3 is 24.7 Å². The Balaban J connectivity index is 1.40. The lowest BCUT2D eigenvalue weighted by atomic mass is 10.2. The summed E-state index contributed by atoms with van der Waals surface area (Å²) >= 11 is 3.61. The molecule has 158 valence electrons. The van der Waals surface area contributed by atoms with Crippen molar-refractivity contribution in [3.63, 3.8) is 0 Å². The van der Waals surface area contributed by atoms with E-state index in [9.17, 15) is 4.79 Å². The second kappa shape index (κ2) is 6.92. The Kier molecular flexibility index (Phi) is 4.15. The highest BCUT2D eigenvalue weighted by molar-refractivity contribution is 9.10. The Morgan fingerprint density at radius 3 is 3.06 bits per heavy atom. The smallest absolute Gasteiger partial charge is 0.271 e.